The van der Waals surface area contributed by atoms with E-state index in [1.54, 1.807) is 0 Å². The van der Waals surface area contributed by atoms with Crippen LogP contribution in [0.3, 0.4) is 0 Å². The molecule has 1 N–H and O–H groups in total. The van der Waals surface area contributed by atoms with Crippen molar-refractivity contribution in [1.82, 2.24) is 0 Å². The van der Waals surface area contributed by atoms with Gasteiger partial charge >= 0.3 is 59.4 Å². The van der Waals surface area contributed by atoms with Gasteiger partial charge in [0.1, 0.15) is 0 Å². The molecule has 0 amide bonds. The molecule has 0 aliphatic carbocycles. The number of aromatic carboxylic acids is 2. The molecule has 0 unspecified atom stereocenters. The predicted octanol–water partition coefficient (Wildman–Crippen LogP) is -0.653. The minimum Gasteiger partial charge on any atom is -0.545 e. The van der Waals surface area contributed by atoms with E-state index in [0.717, 1.165) is 6.07 Å². The Kier molecular flexibility index (Phi) is 5.48. The second-order valence-corrected chi connectivity index (χ2v) is 8.09. The molecule has 0 aromatic heterocycles. The van der Waals surface area contributed by atoms with E-state index in [1.807, 2.05) is 0 Å². The maximum absolute atomic E-state index is 12.4. The Balaban J connectivity index is 0.00000280. The summed E-state index contributed by atoms with van der Waals surface area (Å²) in [5.41, 5.74) is -0.568. The summed E-state index contributed by atoms with van der Waals surface area (Å²) in [5.74, 6) is -6.86. The molecule has 11 heteroatoms. The van der Waals surface area contributed by atoms with Gasteiger partial charge in [0.05, 0.1) is 33.8 Å². The fraction of sp³-hybridized carbons (Fsp3) is 0. The minimum absolute atomic E-state index is 0. The molecule has 0 fully saturated rings. The minimum atomic E-state index is -1.61. The molecule has 0 radical (unpaired) electrons. The average molecular weight is 504 g/mol. The Bertz CT molecular complexity index is 1640. The first-order valence-corrected chi connectivity index (χ1v) is 10.4. The molecule has 6 rings (SSSR count). The summed E-state index contributed by atoms with van der Waals surface area (Å²) in [5, 5.41) is 21.9. The molecule has 0 spiro atoms. The maximum Gasteiger partial charge on any atom is 1.00 e. The molecule has 0 saturated carbocycles. The van der Waals surface area contributed by atoms with E-state index >= 15 is 0 Å². The molecular formula is C26H9NaO10. The zero-order valence-electron chi connectivity index (χ0n) is 18.7. The van der Waals surface area contributed by atoms with Gasteiger partial charge in [0.15, 0.2) is 0 Å². The van der Waals surface area contributed by atoms with Gasteiger partial charge in [-0.2, -0.15) is 0 Å². The van der Waals surface area contributed by atoms with Gasteiger partial charge in [-0.3, -0.25) is 0 Å². The Morgan fingerprint density at radius 3 is 1.24 bits per heavy atom. The van der Waals surface area contributed by atoms with Crippen molar-refractivity contribution < 1.29 is 78.0 Å². The van der Waals surface area contributed by atoms with Crippen LogP contribution in [0.4, 0.5) is 0 Å². The molecule has 10 nitrogen and oxygen atoms in total. The fourth-order valence-corrected chi connectivity index (χ4v) is 4.86. The van der Waals surface area contributed by atoms with E-state index in [9.17, 15) is 39.0 Å². The number of cyclic esters (lactones) is 4. The van der Waals surface area contributed by atoms with Gasteiger partial charge in [-0.05, 0) is 41.5 Å². The molecule has 4 aromatic carbocycles. The standard InChI is InChI=1S/C26H10O10.Na/c27-21(28)11-3-7-15-19-13(23(31)35-25(15)33)5-1-9(17(11)19)10-2-6-14-20-16(26(34)36-24(14)32)8-4-12(18(10)20)22(29)30;/h1-8H,(H,27,28)(H,29,30);/q;+1/p-1. The Hall–Kier alpha value is -4.38. The first kappa shape index (κ1) is 24.3. The summed E-state index contributed by atoms with van der Waals surface area (Å²) in [6, 6.07) is 10.1. The number of carbonyl (C=O) groups is 6. The van der Waals surface area contributed by atoms with E-state index in [-0.39, 0.29) is 95.6 Å². The van der Waals surface area contributed by atoms with Crippen molar-refractivity contribution in [2.45, 2.75) is 0 Å². The topological polar surface area (TPSA) is 164 Å². The van der Waals surface area contributed by atoms with Crippen molar-refractivity contribution in [3.8, 4) is 11.1 Å². The third-order valence-corrected chi connectivity index (χ3v) is 6.31. The van der Waals surface area contributed by atoms with Crippen molar-refractivity contribution in [3.05, 3.63) is 81.9 Å². The summed E-state index contributed by atoms with van der Waals surface area (Å²) in [6.45, 7) is 0. The number of benzene rings is 4. The van der Waals surface area contributed by atoms with Gasteiger partial charge in [-0.15, -0.1) is 0 Å². The van der Waals surface area contributed by atoms with Crippen molar-refractivity contribution in [2.24, 2.45) is 0 Å². The number of carboxylic acids is 2. The van der Waals surface area contributed by atoms with Crippen LogP contribution >= 0.6 is 0 Å². The van der Waals surface area contributed by atoms with Crippen molar-refractivity contribution in [3.63, 3.8) is 0 Å². The first-order valence-electron chi connectivity index (χ1n) is 10.4. The molecule has 0 saturated heterocycles. The van der Waals surface area contributed by atoms with Crippen LogP contribution in [0.2, 0.25) is 0 Å². The second-order valence-electron chi connectivity index (χ2n) is 8.09. The summed E-state index contributed by atoms with van der Waals surface area (Å²) in [6.07, 6.45) is 0. The number of hydrogen-bond donors (Lipinski definition) is 1. The molecule has 4 aromatic rings. The number of carbonyl (C=O) groups excluding carboxylic acids is 5. The third kappa shape index (κ3) is 3.30. The Labute approximate surface area is 227 Å². The summed E-state index contributed by atoms with van der Waals surface area (Å²) < 4.78 is 9.49. The van der Waals surface area contributed by atoms with E-state index in [0.29, 0.717) is 0 Å². The number of ether oxygens (including phenoxy) is 2. The Morgan fingerprint density at radius 1 is 0.541 bits per heavy atom. The summed E-state index contributed by atoms with van der Waals surface area (Å²) in [7, 11) is 0. The van der Waals surface area contributed by atoms with Crippen LogP contribution in [-0.2, 0) is 9.47 Å². The normalized spacial score (nSPS) is 13.7. The van der Waals surface area contributed by atoms with Gasteiger partial charge in [-0.25, -0.2) is 24.0 Å². The monoisotopic (exact) mass is 504 g/mol. The molecule has 0 atom stereocenters. The fourth-order valence-electron chi connectivity index (χ4n) is 4.86. The molecule has 2 heterocycles. The first-order chi connectivity index (χ1) is 17.2. The molecule has 2 aliphatic rings. The average Bonchev–Trinajstić information content (AvgIpc) is 2.84. The van der Waals surface area contributed by atoms with Crippen molar-refractivity contribution in [2.75, 3.05) is 0 Å². The third-order valence-electron chi connectivity index (χ3n) is 6.31. The van der Waals surface area contributed by atoms with Crippen LogP contribution in [0.15, 0.2) is 48.5 Å². The Morgan fingerprint density at radius 2 is 0.865 bits per heavy atom. The number of carboxylic acid groups (broad SMARTS) is 2. The molecule has 37 heavy (non-hydrogen) atoms. The van der Waals surface area contributed by atoms with E-state index < -0.39 is 35.8 Å². The van der Waals surface area contributed by atoms with Crippen molar-refractivity contribution in [1.29, 1.82) is 0 Å². The van der Waals surface area contributed by atoms with Crippen LogP contribution in [0.25, 0.3) is 32.7 Å². The van der Waals surface area contributed by atoms with Gasteiger partial charge in [-0.1, -0.05) is 18.2 Å². The smallest absolute Gasteiger partial charge is 0.545 e. The van der Waals surface area contributed by atoms with Crippen LogP contribution in [0.1, 0.15) is 62.1 Å². The van der Waals surface area contributed by atoms with Crippen LogP contribution in [0.5, 0.6) is 0 Å². The van der Waals surface area contributed by atoms with Crippen LogP contribution < -0.4 is 34.7 Å². The quantitative estimate of drug-likeness (QED) is 0.215. The zero-order valence-corrected chi connectivity index (χ0v) is 20.7. The van der Waals surface area contributed by atoms with E-state index in [4.69, 9.17) is 9.47 Å². The van der Waals surface area contributed by atoms with Gasteiger partial charge in [0, 0.05) is 27.1 Å². The van der Waals surface area contributed by atoms with E-state index in [1.165, 1.54) is 42.5 Å². The molecule has 2 aliphatic heterocycles. The van der Waals surface area contributed by atoms with Gasteiger partial charge < -0.3 is 24.5 Å². The summed E-state index contributed by atoms with van der Waals surface area (Å²) >= 11 is 0. The second kappa shape index (κ2) is 8.34. The van der Waals surface area contributed by atoms with Crippen LogP contribution in [0, 0.1) is 0 Å². The number of rotatable bonds is 3. The maximum atomic E-state index is 12.4. The van der Waals surface area contributed by atoms with Crippen LogP contribution in [-0.4, -0.2) is 40.9 Å². The number of esters is 4. The molecular weight excluding hydrogens is 495 g/mol. The molecule has 0 bridgehead atoms. The zero-order chi connectivity index (χ0) is 25.5. The summed E-state index contributed by atoms with van der Waals surface area (Å²) in [4.78, 5) is 73.9. The van der Waals surface area contributed by atoms with Gasteiger partial charge in [0.25, 0.3) is 0 Å². The predicted molar refractivity (Wildman–Crippen MR) is 118 cm³/mol. The molecule has 174 valence electrons. The largest absolute Gasteiger partial charge is 1.00 e. The SMILES string of the molecule is O=C1OC(=O)c2ccc(-c3ccc4c5c(ccc(C(=O)O)c35)C(=O)OC4=O)c3c(C(=O)[O-])ccc1c23.[Na+]. The van der Waals surface area contributed by atoms with Crippen molar-refractivity contribution >= 4 is 57.4 Å². The number of hydrogen-bond acceptors (Lipinski definition) is 9. The van der Waals surface area contributed by atoms with Gasteiger partial charge in [0.2, 0.25) is 0 Å². The van der Waals surface area contributed by atoms with E-state index in [2.05, 4.69) is 0 Å².